The summed E-state index contributed by atoms with van der Waals surface area (Å²) in [5.41, 5.74) is 2.00. The van der Waals surface area contributed by atoms with E-state index in [1.807, 2.05) is 19.1 Å². The van der Waals surface area contributed by atoms with Gasteiger partial charge >= 0.3 is 5.97 Å². The Bertz CT molecular complexity index is 295. The number of allylic oxidation sites excluding steroid dienone is 3. The molecule has 0 spiro atoms. The first kappa shape index (κ1) is 11.0. The summed E-state index contributed by atoms with van der Waals surface area (Å²) in [5, 5.41) is 0. The van der Waals surface area contributed by atoms with Gasteiger partial charge in [-0.3, -0.25) is 0 Å². The molecule has 2 nitrogen and oxygen atoms in total. The topological polar surface area (TPSA) is 26.3 Å². The molecule has 1 aliphatic rings. The van der Waals surface area contributed by atoms with Crippen molar-refractivity contribution in [2.75, 3.05) is 6.61 Å². The highest BCUT2D eigenvalue weighted by molar-refractivity contribution is 5.90. The van der Waals surface area contributed by atoms with Crippen molar-refractivity contribution in [1.29, 1.82) is 0 Å². The number of esters is 1. The molecule has 0 fully saturated rings. The molecule has 0 aromatic carbocycles. The highest BCUT2D eigenvalue weighted by atomic mass is 16.5. The van der Waals surface area contributed by atoms with Crippen LogP contribution in [0.5, 0.6) is 0 Å². The summed E-state index contributed by atoms with van der Waals surface area (Å²) in [4.78, 5) is 11.6. The summed E-state index contributed by atoms with van der Waals surface area (Å²) in [7, 11) is 0. The predicted molar refractivity (Wildman–Crippen MR) is 56.9 cm³/mol. The fourth-order valence-electron chi connectivity index (χ4n) is 1.86. The Morgan fingerprint density at radius 1 is 1.50 bits per heavy atom. The highest BCUT2D eigenvalue weighted by Crippen LogP contribution is 2.37. The maximum absolute atomic E-state index is 11.6. The number of hydrogen-bond donors (Lipinski definition) is 0. The summed E-state index contributed by atoms with van der Waals surface area (Å²) in [6.45, 7) is 8.50. The smallest absolute Gasteiger partial charge is 0.334 e. The molecule has 0 unspecified atom stereocenters. The van der Waals surface area contributed by atoms with E-state index < -0.39 is 0 Å². The normalized spacial score (nSPS) is 19.7. The molecule has 0 atom stereocenters. The van der Waals surface area contributed by atoms with E-state index in [2.05, 4.69) is 20.8 Å². The van der Waals surface area contributed by atoms with Crippen LogP contribution in [0.1, 0.15) is 34.1 Å². The van der Waals surface area contributed by atoms with Crippen LogP contribution in [0.2, 0.25) is 0 Å². The Hall–Kier alpha value is -1.05. The molecule has 0 saturated heterocycles. The van der Waals surface area contributed by atoms with Crippen LogP contribution >= 0.6 is 0 Å². The zero-order valence-corrected chi connectivity index (χ0v) is 9.39. The van der Waals surface area contributed by atoms with Crippen molar-refractivity contribution in [3.63, 3.8) is 0 Å². The fourth-order valence-corrected chi connectivity index (χ4v) is 1.86. The number of ether oxygens (including phenoxy) is 1. The number of carbonyl (C=O) groups excluding carboxylic acids is 1. The summed E-state index contributed by atoms with van der Waals surface area (Å²) in [6.07, 6.45) is 4.81. The van der Waals surface area contributed by atoms with Crippen molar-refractivity contribution in [2.45, 2.75) is 34.1 Å². The van der Waals surface area contributed by atoms with Crippen LogP contribution in [0, 0.1) is 5.41 Å². The van der Waals surface area contributed by atoms with Crippen LogP contribution in [-0.2, 0) is 9.53 Å². The molecule has 0 aromatic rings. The summed E-state index contributed by atoms with van der Waals surface area (Å²) < 4.78 is 5.02. The van der Waals surface area contributed by atoms with E-state index in [1.165, 1.54) is 5.57 Å². The lowest BCUT2D eigenvalue weighted by Crippen LogP contribution is -2.25. The number of rotatable bonds is 2. The summed E-state index contributed by atoms with van der Waals surface area (Å²) >= 11 is 0. The minimum Gasteiger partial charge on any atom is -0.463 e. The molecule has 0 N–H and O–H groups in total. The molecular formula is C12H18O2. The van der Waals surface area contributed by atoms with Gasteiger partial charge in [0, 0.05) is 11.0 Å². The van der Waals surface area contributed by atoms with Gasteiger partial charge in [-0.1, -0.05) is 31.6 Å². The Morgan fingerprint density at radius 3 is 2.64 bits per heavy atom. The fraction of sp³-hybridized carbons (Fsp3) is 0.583. The van der Waals surface area contributed by atoms with E-state index in [-0.39, 0.29) is 11.4 Å². The van der Waals surface area contributed by atoms with Crippen LogP contribution in [0.25, 0.3) is 0 Å². The Kier molecular flexibility index (Phi) is 3.14. The lowest BCUT2D eigenvalue weighted by molar-refractivity contribution is -0.139. The lowest BCUT2D eigenvalue weighted by atomic mass is 9.75. The van der Waals surface area contributed by atoms with Gasteiger partial charge in [0.25, 0.3) is 0 Å². The molecule has 0 aromatic heterocycles. The van der Waals surface area contributed by atoms with Crippen LogP contribution in [0.3, 0.4) is 0 Å². The maximum Gasteiger partial charge on any atom is 0.334 e. The summed E-state index contributed by atoms with van der Waals surface area (Å²) in [5.74, 6) is -0.179. The van der Waals surface area contributed by atoms with Crippen molar-refractivity contribution < 1.29 is 9.53 Å². The van der Waals surface area contributed by atoms with Crippen molar-refractivity contribution >= 4 is 5.97 Å². The van der Waals surface area contributed by atoms with Gasteiger partial charge in [-0.15, -0.1) is 0 Å². The van der Waals surface area contributed by atoms with Crippen LogP contribution in [0.15, 0.2) is 23.3 Å². The third-order valence-corrected chi connectivity index (χ3v) is 2.48. The molecule has 14 heavy (non-hydrogen) atoms. The molecule has 0 bridgehead atoms. The van der Waals surface area contributed by atoms with Crippen molar-refractivity contribution in [2.24, 2.45) is 5.41 Å². The van der Waals surface area contributed by atoms with Gasteiger partial charge < -0.3 is 4.74 Å². The van der Waals surface area contributed by atoms with Gasteiger partial charge in [-0.05, 0) is 20.3 Å². The van der Waals surface area contributed by atoms with E-state index in [4.69, 9.17) is 4.74 Å². The third-order valence-electron chi connectivity index (χ3n) is 2.48. The second-order valence-corrected chi connectivity index (χ2v) is 4.37. The Morgan fingerprint density at radius 2 is 2.14 bits per heavy atom. The van der Waals surface area contributed by atoms with Gasteiger partial charge in [0.1, 0.15) is 0 Å². The molecule has 0 radical (unpaired) electrons. The molecule has 0 amide bonds. The van der Waals surface area contributed by atoms with E-state index >= 15 is 0 Å². The van der Waals surface area contributed by atoms with Gasteiger partial charge in [-0.25, -0.2) is 4.79 Å². The Balaban J connectivity index is 2.90. The SMILES string of the molecule is CCOC(=O)C1=CC=C(C)CC1(C)C. The van der Waals surface area contributed by atoms with Gasteiger partial charge in [0.2, 0.25) is 0 Å². The standard InChI is InChI=1S/C12H18O2/c1-5-14-11(13)10-7-6-9(2)8-12(10,3)4/h6-7H,5,8H2,1-4H3. The van der Waals surface area contributed by atoms with Gasteiger partial charge in [0.05, 0.1) is 6.61 Å². The molecule has 2 heteroatoms. The van der Waals surface area contributed by atoms with Crippen molar-refractivity contribution in [1.82, 2.24) is 0 Å². The first-order valence-corrected chi connectivity index (χ1v) is 5.02. The number of hydrogen-bond acceptors (Lipinski definition) is 2. The quantitative estimate of drug-likeness (QED) is 0.632. The largest absolute Gasteiger partial charge is 0.463 e. The first-order valence-electron chi connectivity index (χ1n) is 5.02. The van der Waals surface area contributed by atoms with Crippen molar-refractivity contribution in [3.05, 3.63) is 23.3 Å². The molecule has 0 heterocycles. The zero-order valence-electron chi connectivity index (χ0n) is 9.39. The average molecular weight is 194 g/mol. The monoisotopic (exact) mass is 194 g/mol. The second-order valence-electron chi connectivity index (χ2n) is 4.37. The highest BCUT2D eigenvalue weighted by Gasteiger charge is 2.31. The van der Waals surface area contributed by atoms with E-state index in [9.17, 15) is 4.79 Å². The van der Waals surface area contributed by atoms with Gasteiger partial charge in [0.15, 0.2) is 0 Å². The predicted octanol–water partition coefficient (Wildman–Crippen LogP) is 2.85. The molecule has 0 saturated carbocycles. The molecular weight excluding hydrogens is 176 g/mol. The van der Waals surface area contributed by atoms with Crippen LogP contribution < -0.4 is 0 Å². The minimum atomic E-state index is -0.179. The van der Waals surface area contributed by atoms with E-state index in [1.54, 1.807) is 0 Å². The van der Waals surface area contributed by atoms with Crippen LogP contribution in [0.4, 0.5) is 0 Å². The maximum atomic E-state index is 11.6. The third kappa shape index (κ3) is 2.25. The van der Waals surface area contributed by atoms with Gasteiger partial charge in [-0.2, -0.15) is 0 Å². The molecule has 0 aliphatic heterocycles. The van der Waals surface area contributed by atoms with E-state index in [0.717, 1.165) is 12.0 Å². The van der Waals surface area contributed by atoms with E-state index in [0.29, 0.717) is 6.61 Å². The average Bonchev–Trinajstić information content (AvgIpc) is 2.01. The van der Waals surface area contributed by atoms with Crippen LogP contribution in [-0.4, -0.2) is 12.6 Å². The molecule has 1 aliphatic carbocycles. The zero-order chi connectivity index (χ0) is 10.8. The molecule has 78 valence electrons. The molecule has 1 rings (SSSR count). The first-order chi connectivity index (χ1) is 6.47. The Labute approximate surface area is 85.6 Å². The summed E-state index contributed by atoms with van der Waals surface area (Å²) in [6, 6.07) is 0. The lowest BCUT2D eigenvalue weighted by Gasteiger charge is -2.29. The second kappa shape index (κ2) is 3.99. The number of carbonyl (C=O) groups is 1. The minimum absolute atomic E-state index is 0.0922. The van der Waals surface area contributed by atoms with Crippen molar-refractivity contribution in [3.8, 4) is 0 Å².